The number of anilines is 2. The van der Waals surface area contributed by atoms with Crippen molar-refractivity contribution >= 4 is 41.1 Å². The van der Waals surface area contributed by atoms with Crippen molar-refractivity contribution in [1.29, 1.82) is 0 Å². The Hall–Kier alpha value is -5.40. The summed E-state index contributed by atoms with van der Waals surface area (Å²) in [6.07, 6.45) is -5.50. The lowest BCUT2D eigenvalue weighted by Gasteiger charge is -2.47. The van der Waals surface area contributed by atoms with Crippen LogP contribution >= 0.6 is 0 Å². The lowest BCUT2D eigenvalue weighted by Crippen LogP contribution is -2.49. The van der Waals surface area contributed by atoms with E-state index in [2.05, 4.69) is 0 Å². The van der Waals surface area contributed by atoms with Crippen molar-refractivity contribution in [2.45, 2.75) is 32.1 Å². The third-order valence-corrected chi connectivity index (χ3v) is 10.9. The maximum atomic E-state index is 14.4. The number of hydrogen-bond acceptors (Lipinski definition) is 6. The minimum absolute atomic E-state index is 0.0714. The van der Waals surface area contributed by atoms with E-state index in [1.807, 2.05) is 0 Å². The summed E-state index contributed by atoms with van der Waals surface area (Å²) in [6, 6.07) is 13.4. The lowest BCUT2D eigenvalue weighted by atomic mass is 9.52. The van der Waals surface area contributed by atoms with Gasteiger partial charge in [-0.15, -0.1) is 0 Å². The van der Waals surface area contributed by atoms with E-state index in [1.54, 1.807) is 67.6 Å². The fourth-order valence-corrected chi connectivity index (χ4v) is 8.37. The summed E-state index contributed by atoms with van der Waals surface area (Å²) in [4.78, 5) is 58.1. The molecule has 3 aromatic carbocycles. The highest BCUT2D eigenvalue weighted by Crippen LogP contribution is 2.61. The van der Waals surface area contributed by atoms with Gasteiger partial charge in [-0.2, -0.15) is 26.3 Å². The number of phenolic OH excluding ortho intramolecular Hbond substituents is 1. The van der Waals surface area contributed by atoms with Gasteiger partial charge in [0.25, 0.3) is 0 Å². The van der Waals surface area contributed by atoms with Crippen molar-refractivity contribution in [1.82, 2.24) is 0 Å². The topological polar surface area (TPSA) is 104 Å². The van der Waals surface area contributed by atoms with Gasteiger partial charge in [-0.25, -0.2) is 9.80 Å². The molecule has 3 aromatic rings. The predicted molar refractivity (Wildman–Crippen MR) is 174 cm³/mol. The van der Waals surface area contributed by atoms with Crippen LogP contribution in [0.4, 0.5) is 37.7 Å². The number of carbonyl (C=O) groups excluding carboxylic acids is 4. The number of amides is 4. The zero-order chi connectivity index (χ0) is 37.5. The Bertz CT molecular complexity index is 2040. The monoisotopic (exact) mass is 724 g/mol. The Morgan fingerprint density at radius 3 is 2.08 bits per heavy atom. The number of hydrogen-bond donors (Lipinski definition) is 1. The molecule has 270 valence electrons. The summed E-state index contributed by atoms with van der Waals surface area (Å²) < 4.78 is 87.8. The second kappa shape index (κ2) is 12.1. The fraction of sp³-hybridized carbons (Fsp3) is 0.316. The van der Waals surface area contributed by atoms with Gasteiger partial charge in [-0.3, -0.25) is 19.2 Å². The molecule has 4 aliphatic rings. The first-order chi connectivity index (χ1) is 24.5. The summed E-state index contributed by atoms with van der Waals surface area (Å²) in [7, 11) is 1.37. The van der Waals surface area contributed by atoms with E-state index in [9.17, 15) is 50.6 Å². The Kier molecular flexibility index (Phi) is 8.15. The van der Waals surface area contributed by atoms with Crippen LogP contribution in [-0.2, 0) is 31.5 Å². The smallest absolute Gasteiger partial charge is 0.416 e. The number of carbonyl (C=O) groups is 4. The number of allylic oxidation sites excluding steroid dienone is 3. The number of fused-ring (bicyclic) bond motifs is 4. The normalized spacial score (nSPS) is 27.5. The largest absolute Gasteiger partial charge is 0.504 e. The van der Waals surface area contributed by atoms with Crippen molar-refractivity contribution in [2.75, 3.05) is 16.9 Å². The number of methoxy groups -OCH3 is 1. The number of rotatable bonds is 5. The van der Waals surface area contributed by atoms with Crippen LogP contribution in [0.5, 0.6) is 11.5 Å². The van der Waals surface area contributed by atoms with Gasteiger partial charge in [0.1, 0.15) is 0 Å². The number of benzene rings is 3. The van der Waals surface area contributed by atoms with Crippen LogP contribution in [-0.4, -0.2) is 35.8 Å². The molecule has 8 nitrogen and oxygen atoms in total. The molecule has 2 heterocycles. The summed E-state index contributed by atoms with van der Waals surface area (Å²) in [5.74, 6) is -7.95. The number of alkyl halides is 6. The average Bonchev–Trinajstić information content (AvgIpc) is 3.47. The number of nitrogens with zero attached hydrogens (tertiary/aromatic N) is 2. The average molecular weight is 725 g/mol. The molecule has 2 aliphatic carbocycles. The summed E-state index contributed by atoms with van der Waals surface area (Å²) in [6.45, 7) is 1.66. The Labute approximate surface area is 293 Å². The minimum Gasteiger partial charge on any atom is -0.504 e. The molecule has 7 rings (SSSR count). The zero-order valence-corrected chi connectivity index (χ0v) is 27.5. The Morgan fingerprint density at radius 2 is 1.46 bits per heavy atom. The molecule has 52 heavy (non-hydrogen) atoms. The lowest BCUT2D eigenvalue weighted by molar-refractivity contribution is -0.143. The van der Waals surface area contributed by atoms with Gasteiger partial charge in [0.15, 0.2) is 11.5 Å². The Balaban J connectivity index is 1.33. The number of para-hydroxylation sites is 1. The maximum absolute atomic E-state index is 14.4. The van der Waals surface area contributed by atoms with E-state index in [4.69, 9.17) is 4.74 Å². The van der Waals surface area contributed by atoms with Crippen LogP contribution in [0.25, 0.3) is 6.08 Å². The number of halogens is 6. The van der Waals surface area contributed by atoms with Gasteiger partial charge in [-0.05, 0) is 73.7 Å². The first kappa shape index (κ1) is 35.0. The second-order valence-corrected chi connectivity index (χ2v) is 13.6. The number of phenols is 1. The summed E-state index contributed by atoms with van der Waals surface area (Å²) >= 11 is 0. The van der Waals surface area contributed by atoms with Crippen molar-refractivity contribution in [2.24, 2.45) is 35.0 Å². The second-order valence-electron chi connectivity index (χ2n) is 13.6. The van der Waals surface area contributed by atoms with Crippen molar-refractivity contribution in [3.8, 4) is 11.5 Å². The molecule has 3 fully saturated rings. The molecular formula is C38H30F6N2O6. The van der Waals surface area contributed by atoms with Gasteiger partial charge >= 0.3 is 12.4 Å². The molecule has 0 radical (unpaired) electrons. The standard InChI is InChI=1S/C38H30F6N2O6/c1-36-27(12-8-19-9-13-29(47)30(14-19)52-2)24-10-11-25-31(26(24)18-28(36)33(49)46(35(36)51)22-6-4-3-5-7-22)34(50)45(32(25)48)23-16-20(37(39,40)41)15-21(17-23)38(42,43)44/h3-10,12-17,25-28,31,47H,11,18H2,1-2H3. The van der Waals surface area contributed by atoms with E-state index in [0.717, 1.165) is 4.90 Å². The minimum atomic E-state index is -5.21. The van der Waals surface area contributed by atoms with Crippen LogP contribution in [0.15, 0.2) is 84.5 Å². The van der Waals surface area contributed by atoms with Gasteiger partial charge in [0, 0.05) is 5.92 Å². The van der Waals surface area contributed by atoms with Gasteiger partial charge in [0.2, 0.25) is 23.6 Å². The van der Waals surface area contributed by atoms with E-state index >= 15 is 0 Å². The molecule has 0 spiro atoms. The molecule has 2 saturated heterocycles. The van der Waals surface area contributed by atoms with Crippen LogP contribution in [0.1, 0.15) is 36.5 Å². The molecule has 0 aromatic heterocycles. The highest BCUT2D eigenvalue weighted by molar-refractivity contribution is 6.25. The van der Waals surface area contributed by atoms with E-state index in [1.165, 1.54) is 13.2 Å². The molecule has 6 unspecified atom stereocenters. The zero-order valence-electron chi connectivity index (χ0n) is 27.5. The number of aromatic hydroxyl groups is 1. The van der Waals surface area contributed by atoms with Gasteiger partial charge in [-0.1, -0.05) is 48.1 Å². The summed E-state index contributed by atoms with van der Waals surface area (Å²) in [5, 5.41) is 10.1. The van der Waals surface area contributed by atoms with Gasteiger partial charge < -0.3 is 9.84 Å². The fourth-order valence-electron chi connectivity index (χ4n) is 8.37. The quantitative estimate of drug-likeness (QED) is 0.167. The van der Waals surface area contributed by atoms with Crippen LogP contribution < -0.4 is 14.5 Å². The molecule has 14 heteroatoms. The molecule has 1 N–H and O–H groups in total. The Morgan fingerprint density at radius 1 is 0.808 bits per heavy atom. The molecule has 4 amide bonds. The predicted octanol–water partition coefficient (Wildman–Crippen LogP) is 7.42. The van der Waals surface area contributed by atoms with E-state index < -0.39 is 87.8 Å². The molecule has 1 saturated carbocycles. The third kappa shape index (κ3) is 5.37. The van der Waals surface area contributed by atoms with Crippen LogP contribution in [0.2, 0.25) is 0 Å². The maximum Gasteiger partial charge on any atom is 0.416 e. The molecular weight excluding hydrogens is 694 g/mol. The highest BCUT2D eigenvalue weighted by Gasteiger charge is 2.67. The van der Waals surface area contributed by atoms with E-state index in [0.29, 0.717) is 33.9 Å². The van der Waals surface area contributed by atoms with Crippen molar-refractivity contribution in [3.63, 3.8) is 0 Å². The molecule has 0 bridgehead atoms. The van der Waals surface area contributed by atoms with Crippen molar-refractivity contribution < 1.29 is 55.4 Å². The number of ether oxygens (including phenoxy) is 1. The first-order valence-electron chi connectivity index (χ1n) is 16.3. The highest BCUT2D eigenvalue weighted by atomic mass is 19.4. The van der Waals surface area contributed by atoms with Crippen molar-refractivity contribution in [3.05, 3.63) is 101 Å². The summed E-state index contributed by atoms with van der Waals surface area (Å²) in [5.41, 5.74) is -4.13. The molecule has 2 aliphatic heterocycles. The van der Waals surface area contributed by atoms with Gasteiger partial charge in [0.05, 0.1) is 52.8 Å². The van der Waals surface area contributed by atoms with Crippen LogP contribution in [0, 0.1) is 35.0 Å². The third-order valence-electron chi connectivity index (χ3n) is 10.9. The van der Waals surface area contributed by atoms with E-state index in [-0.39, 0.29) is 30.4 Å². The molecule has 6 atom stereocenters. The van der Waals surface area contributed by atoms with Crippen LogP contribution in [0.3, 0.4) is 0 Å². The first-order valence-corrected chi connectivity index (χ1v) is 16.3. The number of imide groups is 2. The SMILES string of the molecule is COc1cc(C=CC2C3=CCC4C(=O)N(c5cc(C(F)(F)F)cc(C(F)(F)F)c5)C(=O)C4C3CC3C(=O)N(c4ccccc4)C(=O)C23C)ccc1O.